The minimum atomic E-state index is -1.60. The fourth-order valence-corrected chi connectivity index (χ4v) is 15.5. The molecule has 5 heterocycles. The number of benzene rings is 7. The Morgan fingerprint density at radius 3 is 0.762 bits per heavy atom. The number of aromatic nitrogens is 5. The Morgan fingerprint density at radius 2 is 0.492 bits per heavy atom. The quantitative estimate of drug-likeness (QED) is 0.0147. The van der Waals surface area contributed by atoms with Crippen molar-refractivity contribution < 1.29 is 53.1 Å². The van der Waals surface area contributed by atoms with E-state index >= 15 is 28.8 Å². The molecule has 0 aliphatic carbocycles. The van der Waals surface area contributed by atoms with Gasteiger partial charge in [-0.2, -0.15) is 0 Å². The number of carbonyl (C=O) groups is 10. The molecule has 0 spiro atoms. The van der Waals surface area contributed by atoms with Gasteiger partial charge in [0.2, 0.25) is 53.2 Å². The summed E-state index contributed by atoms with van der Waals surface area (Å²) in [5.74, 6) is -10.2. The molecule has 10 atom stereocenters. The molecule has 656 valence electrons. The molecule has 12 aromatic rings. The molecule has 0 fully saturated rings. The summed E-state index contributed by atoms with van der Waals surface area (Å²) in [6.45, 7) is 0.120. The molecule has 0 unspecified atom stereocenters. The summed E-state index contributed by atoms with van der Waals surface area (Å²) < 4.78 is 0. The number of hydrogen-bond acceptors (Lipinski definition) is 14. The summed E-state index contributed by atoms with van der Waals surface area (Å²) in [6, 6.07) is 39.5. The summed E-state index contributed by atoms with van der Waals surface area (Å²) in [6.07, 6.45) is 7.35. The highest BCUT2D eigenvalue weighted by atomic mass is 16.4. The first-order chi connectivity index (χ1) is 60.9. The number of carbonyl (C=O) groups excluding carboxylic acids is 9. The fraction of sp³-hybridized carbons (Fsp3) is 0.286. The van der Waals surface area contributed by atoms with Crippen LogP contribution >= 0.6 is 0 Å². The number of nitrogens with one attached hydrogen (secondary N) is 20. The van der Waals surface area contributed by atoms with Crippen LogP contribution in [0.3, 0.4) is 0 Å². The van der Waals surface area contributed by atoms with Gasteiger partial charge in [-0.15, -0.1) is 0 Å². The lowest BCUT2D eigenvalue weighted by atomic mass is 9.99. The maximum Gasteiger partial charge on any atom is 0.326 e. The Hall–Kier alpha value is -15.3. The highest BCUT2D eigenvalue weighted by molar-refractivity contribution is 6.01. The van der Waals surface area contributed by atoms with Gasteiger partial charge in [0, 0.05) is 144 Å². The van der Waals surface area contributed by atoms with Crippen molar-refractivity contribution in [3.8, 4) is 0 Å². The number of fused-ring (bicyclic) bond motifs is 5. The largest absolute Gasteiger partial charge is 0.480 e. The lowest BCUT2D eigenvalue weighted by molar-refractivity contribution is -0.142. The number of rotatable bonds is 45. The summed E-state index contributed by atoms with van der Waals surface area (Å²) in [4.78, 5) is 167. The smallest absolute Gasteiger partial charge is 0.326 e. The van der Waals surface area contributed by atoms with Gasteiger partial charge in [-0.25, -0.2) is 4.79 Å². The van der Waals surface area contributed by atoms with Crippen LogP contribution in [-0.2, 0) is 92.9 Å². The van der Waals surface area contributed by atoms with Crippen LogP contribution < -0.4 is 86.7 Å². The molecule has 35 nitrogen and oxygen atoms in total. The van der Waals surface area contributed by atoms with Gasteiger partial charge < -0.3 is 117 Å². The monoisotopic (exact) mass is 1710 g/mol. The third-order valence-corrected chi connectivity index (χ3v) is 22.0. The van der Waals surface area contributed by atoms with Crippen LogP contribution in [-0.4, -0.2) is 187 Å². The first kappa shape index (κ1) is 90.0. The lowest BCUT2D eigenvalue weighted by Crippen LogP contribution is -2.61. The molecule has 126 heavy (non-hydrogen) atoms. The molecule has 0 radical (unpaired) electrons. The number of para-hydroxylation sites is 5. The van der Waals surface area contributed by atoms with Crippen LogP contribution in [0.2, 0.25) is 0 Å². The molecule has 9 amide bonds. The van der Waals surface area contributed by atoms with Crippen molar-refractivity contribution in [1.82, 2.24) is 88.7 Å². The van der Waals surface area contributed by atoms with E-state index in [1.165, 1.54) is 0 Å². The number of aromatic amines is 5. The highest BCUT2D eigenvalue weighted by Crippen LogP contribution is 2.26. The zero-order valence-corrected chi connectivity index (χ0v) is 69.1. The summed E-state index contributed by atoms with van der Waals surface area (Å²) in [5, 5.41) is 71.7. The topological polar surface area (TPSA) is 590 Å². The Labute approximate surface area is 724 Å². The maximum atomic E-state index is 15.9. The van der Waals surface area contributed by atoms with E-state index in [4.69, 9.17) is 39.2 Å². The zero-order chi connectivity index (χ0) is 89.2. The molecule has 0 saturated heterocycles. The second-order valence-corrected chi connectivity index (χ2v) is 31.1. The number of H-pyrrole nitrogens is 5. The number of aliphatic carboxylic acids is 1. The van der Waals surface area contributed by atoms with Gasteiger partial charge >= 0.3 is 5.97 Å². The average Bonchev–Trinajstić information content (AvgIpc) is 1.65. The van der Waals surface area contributed by atoms with Crippen LogP contribution in [0.1, 0.15) is 77.5 Å². The lowest BCUT2D eigenvalue weighted by Gasteiger charge is -2.29. The van der Waals surface area contributed by atoms with E-state index < -0.39 is 120 Å². The van der Waals surface area contributed by atoms with Gasteiger partial charge in [0.25, 0.3) is 0 Å². The van der Waals surface area contributed by atoms with Crippen molar-refractivity contribution in [3.63, 3.8) is 0 Å². The molecule has 0 aliphatic heterocycles. The highest BCUT2D eigenvalue weighted by Gasteiger charge is 2.38. The molecule has 0 saturated carbocycles. The number of hydrogen-bond donors (Lipinski definition) is 25. The van der Waals surface area contributed by atoms with Gasteiger partial charge in [-0.3, -0.25) is 59.4 Å². The summed E-state index contributed by atoms with van der Waals surface area (Å²) in [7, 11) is 0. The van der Waals surface area contributed by atoms with E-state index in [1.54, 1.807) is 122 Å². The van der Waals surface area contributed by atoms with E-state index in [0.29, 0.717) is 66.1 Å². The Morgan fingerprint density at radius 1 is 0.278 bits per heavy atom. The first-order valence-electron chi connectivity index (χ1n) is 41.7. The van der Waals surface area contributed by atoms with Crippen molar-refractivity contribution in [3.05, 3.63) is 252 Å². The Bertz CT molecular complexity index is 5860. The minimum Gasteiger partial charge on any atom is -0.480 e. The number of amides is 9. The van der Waals surface area contributed by atoms with Crippen molar-refractivity contribution in [2.75, 3.05) is 19.6 Å². The van der Waals surface area contributed by atoms with E-state index in [-0.39, 0.29) is 121 Å². The third kappa shape index (κ3) is 24.8. The molecule has 35 heteroatoms. The van der Waals surface area contributed by atoms with Gasteiger partial charge in [0.1, 0.15) is 54.4 Å². The molecule has 5 aromatic heterocycles. The van der Waals surface area contributed by atoms with Gasteiger partial charge in [-0.05, 0) is 114 Å². The molecular weight excluding hydrogens is 1610 g/mol. The SMILES string of the molecule is N=C(N)NCCC[C@H](NC(=O)[C@H](Cc1c[nH]c2ccccc12)NC(=O)[C@H](Cc1c[nH]c2ccccc12)NC(=O)[C@H](CCCNC(=N)N)NC(=O)[C@H](CCCNC(=N)N)NC(=O)[C@H](Cc1ccccc1)NC(=O)[C@@H](N)Cc1c[nH]c2ccccc12)C(=O)N[C@@H](Cc1c[nH]c2ccccc12)C(=O)N[C@@H](Cc1ccccc1)C(=O)N[C@@H](Cc1c[nH]c2ccccc12)C(=O)O. The van der Waals surface area contributed by atoms with Crippen molar-refractivity contribution in [2.24, 2.45) is 22.9 Å². The number of guanidine groups is 3. The normalized spacial score (nSPS) is 13.7. The second-order valence-electron chi connectivity index (χ2n) is 31.1. The van der Waals surface area contributed by atoms with Crippen molar-refractivity contribution in [1.29, 1.82) is 16.2 Å². The van der Waals surface area contributed by atoms with Crippen molar-refractivity contribution in [2.45, 2.75) is 144 Å². The Balaban J connectivity index is 0.839. The minimum absolute atomic E-state index is 0.0219. The fourth-order valence-electron chi connectivity index (χ4n) is 15.5. The predicted molar refractivity (Wildman–Crippen MR) is 481 cm³/mol. The standard InChI is InChI=1S/C91H106N24O11/c92-64(42-54-47-102-65-29-12-7-24-59(54)65)79(116)110-73(40-52-20-3-1-4-21-52)83(120)108-70(34-17-37-99-89(93)94)80(117)107-71(35-18-38-100-90(95)96)81(118)113-77(45-57-50-105-68-32-15-10-27-62(57)68)87(124)114-75(43-55-48-103-66-30-13-8-25-60(55)66)85(122)109-72(36-19-39-101-91(97)98)82(119)112-76(44-56-49-104-67-31-14-9-26-61(56)67)86(123)111-74(41-53-22-5-2-6-23-53)84(121)115-78(88(125)126)46-58-51-106-69-33-16-11-28-63(58)69/h1-16,20-33,47-51,64,70-78,102-106H,17-19,34-46,92H2,(H,107,117)(H,108,120)(H,109,122)(H,110,116)(H,111,123)(H,112,119)(H,113,118)(H,114,124)(H,115,121)(H,125,126)(H4,93,94,99)(H4,95,96,100)(H4,97,98,101)/t64-,70-,71-,72-,73-,74-,75-,76-,77-,78-/m0/s1. The van der Waals surface area contributed by atoms with Crippen molar-refractivity contribution >= 4 is 132 Å². The van der Waals surface area contributed by atoms with E-state index in [2.05, 4.69) is 88.7 Å². The van der Waals surface area contributed by atoms with E-state index in [9.17, 15) is 24.3 Å². The third-order valence-electron chi connectivity index (χ3n) is 22.0. The van der Waals surface area contributed by atoms with Gasteiger partial charge in [0.05, 0.1) is 6.04 Å². The molecule has 0 aliphatic rings. The summed E-state index contributed by atoms with van der Waals surface area (Å²) in [5.41, 5.74) is 31.6. The number of nitrogens with two attached hydrogens (primary N) is 4. The van der Waals surface area contributed by atoms with Crippen LogP contribution in [0.5, 0.6) is 0 Å². The van der Waals surface area contributed by atoms with E-state index in [1.807, 2.05) is 91.0 Å². The van der Waals surface area contributed by atoms with Crippen LogP contribution in [0.25, 0.3) is 54.5 Å². The summed E-state index contributed by atoms with van der Waals surface area (Å²) >= 11 is 0. The Kier molecular flexibility index (Phi) is 31.0. The first-order valence-corrected chi connectivity index (χ1v) is 41.7. The number of carboxylic acids is 1. The number of carboxylic acid groups (broad SMARTS) is 1. The van der Waals surface area contributed by atoms with Gasteiger partial charge in [-0.1, -0.05) is 152 Å². The molecule has 29 N–H and O–H groups in total. The predicted octanol–water partition coefficient (Wildman–Crippen LogP) is 3.66. The molecule has 12 rings (SSSR count). The van der Waals surface area contributed by atoms with Crippen LogP contribution in [0.15, 0.2) is 213 Å². The maximum absolute atomic E-state index is 15.9. The van der Waals surface area contributed by atoms with Crippen LogP contribution in [0, 0.1) is 16.2 Å². The molecule has 7 aromatic carbocycles. The molecular formula is C91H106N24O11. The van der Waals surface area contributed by atoms with Crippen LogP contribution in [0.4, 0.5) is 0 Å². The molecule has 0 bridgehead atoms. The van der Waals surface area contributed by atoms with Gasteiger partial charge in [0.15, 0.2) is 17.9 Å². The average molecular weight is 1710 g/mol. The zero-order valence-electron chi connectivity index (χ0n) is 69.1. The van der Waals surface area contributed by atoms with E-state index in [0.717, 1.165) is 27.4 Å². The second kappa shape index (κ2) is 43.5.